The molecule has 0 atom stereocenters. The fraction of sp³-hybridized carbons (Fsp3) is 0. The van der Waals surface area contributed by atoms with E-state index in [4.69, 9.17) is 0 Å². The van der Waals surface area contributed by atoms with Crippen molar-refractivity contribution in [3.63, 3.8) is 0 Å². The smallest absolute Gasteiger partial charge is 0.421 e. The van der Waals surface area contributed by atoms with E-state index in [9.17, 15) is 16.8 Å². The average Bonchev–Trinajstić information content (AvgIpc) is 2.01. The maximum Gasteiger partial charge on any atom is 0.481 e. The Bertz CT molecular complexity index is 272. The van der Waals surface area contributed by atoms with Crippen molar-refractivity contribution in [3.8, 4) is 11.5 Å². The van der Waals surface area contributed by atoms with Gasteiger partial charge in [-0.2, -0.15) is 0 Å². The minimum Gasteiger partial charge on any atom is -0.421 e. The third-order valence-electron chi connectivity index (χ3n) is 1.15. The lowest BCUT2D eigenvalue weighted by Crippen LogP contribution is -1.82. The number of halogens is 4. The molecule has 1 rings (SSSR count). The van der Waals surface area contributed by atoms with Crippen molar-refractivity contribution < 1.29 is 25.8 Å². The van der Waals surface area contributed by atoms with Gasteiger partial charge in [0.05, 0.1) is 0 Å². The minimum atomic E-state index is -3.55. The molecule has 1 aromatic carbocycles. The van der Waals surface area contributed by atoms with E-state index < -0.39 is 17.5 Å². The summed E-state index contributed by atoms with van der Waals surface area (Å²) in [6.45, 7) is 0. The molecular formula is C6H4F4O2P2. The largest absolute Gasteiger partial charge is 0.481 e. The van der Waals surface area contributed by atoms with Crippen LogP contribution in [0.25, 0.3) is 0 Å². The van der Waals surface area contributed by atoms with Crippen molar-refractivity contribution in [1.82, 2.24) is 0 Å². The van der Waals surface area contributed by atoms with E-state index in [1.54, 1.807) is 0 Å². The van der Waals surface area contributed by atoms with E-state index >= 15 is 0 Å². The van der Waals surface area contributed by atoms with Crippen molar-refractivity contribution >= 4 is 17.5 Å². The standard InChI is InChI=1S/C6H4F4O2P2/c7-13(8)11-5-2-1-3-6(4-5)12-14(9)10/h1-4H. The molecule has 0 aliphatic rings. The second-order valence-electron chi connectivity index (χ2n) is 2.06. The molecule has 0 aliphatic heterocycles. The van der Waals surface area contributed by atoms with E-state index in [0.717, 1.165) is 6.07 Å². The van der Waals surface area contributed by atoms with E-state index in [1.807, 2.05) is 0 Å². The van der Waals surface area contributed by atoms with Crippen LogP contribution in [0.3, 0.4) is 0 Å². The van der Waals surface area contributed by atoms with Crippen LogP contribution in [0.15, 0.2) is 24.3 Å². The van der Waals surface area contributed by atoms with Crippen LogP contribution in [0.5, 0.6) is 11.5 Å². The molecule has 8 heteroatoms. The SMILES string of the molecule is FP(F)Oc1cccc(OP(F)F)c1. The molecule has 78 valence electrons. The van der Waals surface area contributed by atoms with Gasteiger partial charge >= 0.3 is 17.5 Å². The van der Waals surface area contributed by atoms with Gasteiger partial charge in [0, 0.05) is 6.07 Å². The van der Waals surface area contributed by atoms with E-state index in [-0.39, 0.29) is 11.5 Å². The molecule has 0 radical (unpaired) electrons. The maximum absolute atomic E-state index is 11.8. The number of rotatable bonds is 4. The van der Waals surface area contributed by atoms with Gasteiger partial charge in [0.15, 0.2) is 0 Å². The summed E-state index contributed by atoms with van der Waals surface area (Å²) in [5.74, 6) is -0.370. The first-order valence-electron chi connectivity index (χ1n) is 3.27. The average molecular weight is 246 g/mol. The molecule has 0 aromatic heterocycles. The van der Waals surface area contributed by atoms with Crippen molar-refractivity contribution in [2.75, 3.05) is 0 Å². The molecule has 1 aromatic rings. The Hall–Kier alpha value is -0.600. The Morgan fingerprint density at radius 1 is 0.857 bits per heavy atom. The Morgan fingerprint density at radius 3 is 1.64 bits per heavy atom. The number of hydrogen-bond donors (Lipinski definition) is 0. The number of hydrogen-bond acceptors (Lipinski definition) is 2. The van der Waals surface area contributed by atoms with Gasteiger partial charge in [-0.05, 0) is 12.1 Å². The molecule has 0 amide bonds. The third kappa shape index (κ3) is 4.07. The lowest BCUT2D eigenvalue weighted by molar-refractivity contribution is 0.491. The van der Waals surface area contributed by atoms with Crippen LogP contribution in [0.4, 0.5) is 16.8 Å². The molecule has 0 heterocycles. The van der Waals surface area contributed by atoms with Gasteiger partial charge in [-0.1, -0.05) is 6.07 Å². The lowest BCUT2D eigenvalue weighted by Gasteiger charge is -2.05. The predicted molar refractivity (Wildman–Crippen MR) is 46.0 cm³/mol. The van der Waals surface area contributed by atoms with Crippen LogP contribution in [0.2, 0.25) is 0 Å². The highest BCUT2D eigenvalue weighted by molar-refractivity contribution is 7.41. The van der Waals surface area contributed by atoms with Gasteiger partial charge in [-0.3, -0.25) is 0 Å². The molecule has 14 heavy (non-hydrogen) atoms. The van der Waals surface area contributed by atoms with Crippen LogP contribution in [0, 0.1) is 0 Å². The third-order valence-corrected chi connectivity index (χ3v) is 1.85. The molecule has 0 fully saturated rings. The first kappa shape index (κ1) is 11.5. The Kier molecular flexibility index (Phi) is 4.36. The zero-order chi connectivity index (χ0) is 10.6. The van der Waals surface area contributed by atoms with Crippen molar-refractivity contribution in [2.45, 2.75) is 0 Å². The fourth-order valence-electron chi connectivity index (χ4n) is 0.747. The Morgan fingerprint density at radius 2 is 1.29 bits per heavy atom. The summed E-state index contributed by atoms with van der Waals surface area (Å²) in [5.41, 5.74) is 0. The second-order valence-corrected chi connectivity index (χ2v) is 3.23. The monoisotopic (exact) mass is 246 g/mol. The Labute approximate surface area is 80.0 Å². The van der Waals surface area contributed by atoms with Gasteiger partial charge in [-0.15, -0.1) is 16.8 Å². The van der Waals surface area contributed by atoms with Crippen molar-refractivity contribution in [3.05, 3.63) is 24.3 Å². The molecule has 0 saturated carbocycles. The lowest BCUT2D eigenvalue weighted by atomic mass is 10.3. The normalized spacial score (nSPS) is 10.7. The van der Waals surface area contributed by atoms with Crippen molar-refractivity contribution in [2.24, 2.45) is 0 Å². The summed E-state index contributed by atoms with van der Waals surface area (Å²) in [7, 11) is -7.09. The first-order valence-corrected chi connectivity index (χ1v) is 5.35. The molecule has 0 aliphatic carbocycles. The molecule has 0 spiro atoms. The zero-order valence-corrected chi connectivity index (χ0v) is 8.32. The van der Waals surface area contributed by atoms with Gasteiger partial charge in [0.1, 0.15) is 11.5 Å². The van der Waals surface area contributed by atoms with Crippen LogP contribution in [-0.2, 0) is 0 Å². The van der Waals surface area contributed by atoms with Crippen molar-refractivity contribution in [1.29, 1.82) is 0 Å². The first-order chi connectivity index (χ1) is 6.58. The summed E-state index contributed by atoms with van der Waals surface area (Å²) >= 11 is 0. The summed E-state index contributed by atoms with van der Waals surface area (Å²) in [4.78, 5) is 0. The number of benzene rings is 1. The van der Waals surface area contributed by atoms with Gasteiger partial charge in [-0.25, -0.2) is 0 Å². The molecule has 0 saturated heterocycles. The quantitative estimate of drug-likeness (QED) is 0.562. The summed E-state index contributed by atoms with van der Waals surface area (Å²) in [6, 6.07) is 4.76. The van der Waals surface area contributed by atoms with Gasteiger partial charge < -0.3 is 9.05 Å². The molecular weight excluding hydrogens is 242 g/mol. The summed E-state index contributed by atoms with van der Waals surface area (Å²) in [6.07, 6.45) is 0. The highest BCUT2D eigenvalue weighted by atomic mass is 31.2. The van der Waals surface area contributed by atoms with Gasteiger partial charge in [0.2, 0.25) is 0 Å². The van der Waals surface area contributed by atoms with E-state index in [0.29, 0.717) is 0 Å². The van der Waals surface area contributed by atoms with Crippen LogP contribution >= 0.6 is 17.5 Å². The highest BCUT2D eigenvalue weighted by Crippen LogP contribution is 2.44. The fourth-order valence-corrected chi connectivity index (χ4v) is 1.29. The highest BCUT2D eigenvalue weighted by Gasteiger charge is 2.11. The topological polar surface area (TPSA) is 18.5 Å². The van der Waals surface area contributed by atoms with Crippen LogP contribution < -0.4 is 9.05 Å². The van der Waals surface area contributed by atoms with Crippen LogP contribution in [-0.4, -0.2) is 0 Å². The van der Waals surface area contributed by atoms with Crippen LogP contribution in [0.1, 0.15) is 0 Å². The molecule has 2 nitrogen and oxygen atoms in total. The van der Waals surface area contributed by atoms with Gasteiger partial charge in [0.25, 0.3) is 0 Å². The zero-order valence-electron chi connectivity index (χ0n) is 6.53. The van der Waals surface area contributed by atoms with E-state index in [2.05, 4.69) is 9.05 Å². The molecule has 0 N–H and O–H groups in total. The predicted octanol–water partition coefficient (Wildman–Crippen LogP) is 4.78. The van der Waals surface area contributed by atoms with E-state index in [1.165, 1.54) is 18.2 Å². The minimum absolute atomic E-state index is 0.185. The second kappa shape index (κ2) is 5.32. The summed E-state index contributed by atoms with van der Waals surface area (Å²) < 4.78 is 55.2. The molecule has 0 unspecified atom stereocenters. The maximum atomic E-state index is 11.8. The summed E-state index contributed by atoms with van der Waals surface area (Å²) in [5, 5.41) is 0. The Balaban J connectivity index is 2.68. The molecule has 0 bridgehead atoms.